The lowest BCUT2D eigenvalue weighted by atomic mass is 10.2. The van der Waals surface area contributed by atoms with Crippen molar-refractivity contribution >= 4 is 29.1 Å². The molecule has 1 N–H and O–H groups in total. The summed E-state index contributed by atoms with van der Waals surface area (Å²) in [6, 6.07) is 7.24. The first-order valence-corrected chi connectivity index (χ1v) is 6.80. The topological polar surface area (TPSA) is 51.2 Å². The van der Waals surface area contributed by atoms with Crippen molar-refractivity contribution in [3.63, 3.8) is 0 Å². The lowest BCUT2D eigenvalue weighted by Gasteiger charge is -2.08. The molecule has 1 aromatic carbocycles. The van der Waals surface area contributed by atoms with Gasteiger partial charge in [-0.1, -0.05) is 35.3 Å². The van der Waals surface area contributed by atoms with E-state index < -0.39 is 11.7 Å². The number of ether oxygens (including phenoxy) is 1. The summed E-state index contributed by atoms with van der Waals surface area (Å²) >= 11 is 11.6. The summed E-state index contributed by atoms with van der Waals surface area (Å²) in [4.78, 5) is 15.6. The molecule has 0 aliphatic rings. The van der Waals surface area contributed by atoms with Crippen molar-refractivity contribution in [1.29, 1.82) is 0 Å². The van der Waals surface area contributed by atoms with Crippen LogP contribution < -0.4 is 10.1 Å². The fourth-order valence-electron chi connectivity index (χ4n) is 1.56. The van der Waals surface area contributed by atoms with Crippen LogP contribution in [0.25, 0.3) is 0 Å². The van der Waals surface area contributed by atoms with Crippen LogP contribution in [-0.2, 0) is 0 Å². The highest BCUT2D eigenvalue weighted by Crippen LogP contribution is 2.24. The molecule has 4 nitrogen and oxygen atoms in total. The third-order valence-corrected chi connectivity index (χ3v) is 3.00. The Bertz CT molecular complexity index is 653. The average Bonchev–Trinajstić information content (AvgIpc) is 2.45. The number of rotatable bonds is 5. The lowest BCUT2D eigenvalue weighted by Crippen LogP contribution is -2.28. The minimum absolute atomic E-state index is 0.0137. The molecule has 1 amide bonds. The number of halogens is 3. The molecule has 0 unspecified atom stereocenters. The van der Waals surface area contributed by atoms with E-state index in [0.717, 1.165) is 0 Å². The molecule has 0 bridgehead atoms. The minimum Gasteiger partial charge on any atom is -0.475 e. The van der Waals surface area contributed by atoms with Gasteiger partial charge >= 0.3 is 0 Å². The average molecular weight is 329 g/mol. The Labute approximate surface area is 130 Å². The van der Waals surface area contributed by atoms with E-state index in [-0.39, 0.29) is 29.6 Å². The molecule has 0 atom stereocenters. The van der Waals surface area contributed by atoms with E-state index in [0.29, 0.717) is 5.02 Å². The summed E-state index contributed by atoms with van der Waals surface area (Å²) in [7, 11) is 0. The lowest BCUT2D eigenvalue weighted by molar-refractivity contribution is 0.0942. The number of nitrogens with zero attached hydrogens (tertiary/aromatic N) is 1. The highest BCUT2D eigenvalue weighted by atomic mass is 35.5. The molecule has 0 fully saturated rings. The Morgan fingerprint density at radius 1 is 1.33 bits per heavy atom. The molecule has 2 rings (SSSR count). The number of amides is 1. The zero-order chi connectivity index (χ0) is 15.2. The van der Waals surface area contributed by atoms with Crippen molar-refractivity contribution in [3.8, 4) is 5.88 Å². The monoisotopic (exact) mass is 328 g/mol. The largest absolute Gasteiger partial charge is 0.475 e. The first-order valence-electron chi connectivity index (χ1n) is 6.04. The molecule has 0 spiro atoms. The van der Waals surface area contributed by atoms with Crippen LogP contribution in [0.15, 0.2) is 36.5 Å². The minimum atomic E-state index is -0.571. The van der Waals surface area contributed by atoms with Crippen molar-refractivity contribution in [2.24, 2.45) is 0 Å². The predicted molar refractivity (Wildman–Crippen MR) is 78.5 cm³/mol. The van der Waals surface area contributed by atoms with Crippen LogP contribution in [0.5, 0.6) is 5.88 Å². The van der Waals surface area contributed by atoms with Gasteiger partial charge in [-0.25, -0.2) is 9.37 Å². The van der Waals surface area contributed by atoms with Gasteiger partial charge in [-0.2, -0.15) is 0 Å². The molecule has 0 aliphatic carbocycles. The van der Waals surface area contributed by atoms with E-state index in [4.69, 9.17) is 27.9 Å². The zero-order valence-corrected chi connectivity index (χ0v) is 12.3. The smallest absolute Gasteiger partial charge is 0.254 e. The van der Waals surface area contributed by atoms with Crippen molar-refractivity contribution in [2.45, 2.75) is 0 Å². The van der Waals surface area contributed by atoms with Gasteiger partial charge < -0.3 is 10.1 Å². The Balaban J connectivity index is 1.82. The number of carbonyl (C=O) groups excluding carboxylic acids is 1. The van der Waals surface area contributed by atoms with Gasteiger partial charge in [0, 0.05) is 6.20 Å². The molecule has 2 aromatic rings. The molecular weight excluding hydrogens is 318 g/mol. The molecule has 0 saturated heterocycles. The van der Waals surface area contributed by atoms with Crippen molar-refractivity contribution in [2.75, 3.05) is 13.2 Å². The Morgan fingerprint density at radius 3 is 2.81 bits per heavy atom. The molecule has 1 heterocycles. The van der Waals surface area contributed by atoms with E-state index in [1.165, 1.54) is 30.5 Å². The zero-order valence-electron chi connectivity index (χ0n) is 10.8. The van der Waals surface area contributed by atoms with Crippen LogP contribution >= 0.6 is 23.2 Å². The molecule has 21 heavy (non-hydrogen) atoms. The maximum absolute atomic E-state index is 13.4. The summed E-state index contributed by atoms with van der Waals surface area (Å²) < 4.78 is 18.7. The van der Waals surface area contributed by atoms with Crippen LogP contribution in [-0.4, -0.2) is 24.0 Å². The van der Waals surface area contributed by atoms with Crippen LogP contribution in [0.1, 0.15) is 10.4 Å². The number of pyridine rings is 1. The maximum atomic E-state index is 13.4. The summed E-state index contributed by atoms with van der Waals surface area (Å²) in [5, 5.41) is 3.22. The number of benzene rings is 1. The molecule has 0 radical (unpaired) electrons. The first kappa shape index (κ1) is 15.5. The SMILES string of the molecule is O=C(NCCOc1ncc(Cl)cc1Cl)c1ccccc1F. The second-order valence-corrected chi connectivity index (χ2v) is 4.87. The van der Waals surface area contributed by atoms with Crippen LogP contribution in [0, 0.1) is 5.82 Å². The summed E-state index contributed by atoms with van der Waals surface area (Å²) in [6.45, 7) is 0.336. The Hall–Kier alpha value is -1.85. The van der Waals surface area contributed by atoms with Gasteiger partial charge in [-0.05, 0) is 18.2 Å². The molecule has 1 aromatic heterocycles. The fourth-order valence-corrected chi connectivity index (χ4v) is 2.00. The molecule has 0 aliphatic heterocycles. The third-order valence-electron chi connectivity index (χ3n) is 2.52. The van der Waals surface area contributed by atoms with Gasteiger partial charge in [0.15, 0.2) is 0 Å². The van der Waals surface area contributed by atoms with E-state index in [1.807, 2.05) is 0 Å². The normalized spacial score (nSPS) is 10.2. The number of aromatic nitrogens is 1. The van der Waals surface area contributed by atoms with Crippen molar-refractivity contribution < 1.29 is 13.9 Å². The quantitative estimate of drug-likeness (QED) is 0.856. The Morgan fingerprint density at radius 2 is 2.10 bits per heavy atom. The first-order chi connectivity index (χ1) is 10.1. The maximum Gasteiger partial charge on any atom is 0.254 e. The van der Waals surface area contributed by atoms with Crippen molar-refractivity contribution in [1.82, 2.24) is 10.3 Å². The summed E-state index contributed by atoms with van der Waals surface area (Å²) in [5.41, 5.74) is -0.0137. The van der Waals surface area contributed by atoms with Gasteiger partial charge in [0.05, 0.1) is 17.1 Å². The number of hydrogen-bond donors (Lipinski definition) is 1. The highest BCUT2D eigenvalue weighted by Gasteiger charge is 2.10. The predicted octanol–water partition coefficient (Wildman–Crippen LogP) is 3.34. The van der Waals surface area contributed by atoms with E-state index >= 15 is 0 Å². The summed E-state index contributed by atoms with van der Waals surface area (Å²) in [6.07, 6.45) is 1.40. The van der Waals surface area contributed by atoms with Crippen molar-refractivity contribution in [3.05, 3.63) is 58.0 Å². The van der Waals surface area contributed by atoms with Gasteiger partial charge in [0.2, 0.25) is 5.88 Å². The van der Waals surface area contributed by atoms with Crippen LogP contribution in [0.4, 0.5) is 4.39 Å². The third kappa shape index (κ3) is 4.31. The number of carbonyl (C=O) groups is 1. The van der Waals surface area contributed by atoms with Gasteiger partial charge in [0.25, 0.3) is 5.91 Å². The Kier molecular flexibility index (Phi) is 5.36. The van der Waals surface area contributed by atoms with E-state index in [1.54, 1.807) is 6.07 Å². The van der Waals surface area contributed by atoms with E-state index in [9.17, 15) is 9.18 Å². The fraction of sp³-hybridized carbons (Fsp3) is 0.143. The highest BCUT2D eigenvalue weighted by molar-refractivity contribution is 6.35. The van der Waals surface area contributed by atoms with E-state index in [2.05, 4.69) is 10.3 Å². The molecular formula is C14H11Cl2FN2O2. The number of hydrogen-bond acceptors (Lipinski definition) is 3. The van der Waals surface area contributed by atoms with Gasteiger partial charge in [-0.3, -0.25) is 4.79 Å². The van der Waals surface area contributed by atoms with Crippen LogP contribution in [0.2, 0.25) is 10.0 Å². The molecule has 0 saturated carbocycles. The number of nitrogens with one attached hydrogen (secondary N) is 1. The summed E-state index contributed by atoms with van der Waals surface area (Å²) in [5.74, 6) is -0.855. The van der Waals surface area contributed by atoms with Gasteiger partial charge in [0.1, 0.15) is 17.4 Å². The second kappa shape index (κ2) is 7.24. The molecule has 110 valence electrons. The second-order valence-electron chi connectivity index (χ2n) is 4.02. The van der Waals surface area contributed by atoms with Gasteiger partial charge in [-0.15, -0.1) is 0 Å². The standard InChI is InChI=1S/C14H11Cl2FN2O2/c15-9-7-11(16)14(19-8-9)21-6-5-18-13(20)10-3-1-2-4-12(10)17/h1-4,7-8H,5-6H2,(H,18,20). The molecule has 7 heteroatoms. The van der Waals surface area contributed by atoms with Crippen LogP contribution in [0.3, 0.4) is 0 Å².